The third kappa shape index (κ3) is 2.66. The molecule has 2 N–H and O–H groups in total. The van der Waals surface area contributed by atoms with Crippen LogP contribution in [0, 0.1) is 5.82 Å². The molecule has 0 radical (unpaired) electrons. The molecule has 1 unspecified atom stereocenters. The van der Waals surface area contributed by atoms with Crippen molar-refractivity contribution in [2.45, 2.75) is 13.0 Å². The molecule has 0 aliphatic carbocycles. The first-order chi connectivity index (χ1) is 9.50. The van der Waals surface area contributed by atoms with E-state index in [-0.39, 0.29) is 11.3 Å². The van der Waals surface area contributed by atoms with Gasteiger partial charge in [-0.25, -0.2) is 9.18 Å². The summed E-state index contributed by atoms with van der Waals surface area (Å²) in [5.74, 6) is -2.67. The molecule has 0 fully saturated rings. The quantitative estimate of drug-likeness (QED) is 0.894. The van der Waals surface area contributed by atoms with Crippen LogP contribution in [0.1, 0.15) is 23.3 Å². The average molecular weight is 277 g/mol. The Morgan fingerprint density at radius 1 is 1.40 bits per heavy atom. The molecule has 1 aromatic carbocycles. The third-order valence-corrected chi connectivity index (χ3v) is 2.79. The number of benzene rings is 1. The molecule has 20 heavy (non-hydrogen) atoms. The molecule has 1 amide bonds. The van der Waals surface area contributed by atoms with Gasteiger partial charge < -0.3 is 10.4 Å². The Kier molecular flexibility index (Phi) is 3.79. The van der Waals surface area contributed by atoms with Gasteiger partial charge in [0.1, 0.15) is 11.9 Å². The van der Waals surface area contributed by atoms with Crippen LogP contribution in [0.5, 0.6) is 0 Å². The number of hydrogen-bond donors (Lipinski definition) is 2. The molecule has 7 heteroatoms. The molecule has 0 saturated heterocycles. The summed E-state index contributed by atoms with van der Waals surface area (Å²) in [4.78, 5) is 23.0. The molecule has 104 valence electrons. The summed E-state index contributed by atoms with van der Waals surface area (Å²) < 4.78 is 15.1. The maximum absolute atomic E-state index is 13.7. The number of aromatic nitrogens is 2. The summed E-state index contributed by atoms with van der Waals surface area (Å²) in [5.41, 5.74) is -0.643. The van der Waals surface area contributed by atoms with E-state index in [0.29, 0.717) is 0 Å². The van der Waals surface area contributed by atoms with Crippen LogP contribution in [0.15, 0.2) is 36.7 Å². The highest BCUT2D eigenvalue weighted by molar-refractivity contribution is 6.01. The molecule has 0 bridgehead atoms. The SMILES string of the molecule is CC(C(=O)Nc1c(F)cccc1C(=O)O)n1cccn1. The third-order valence-electron chi connectivity index (χ3n) is 2.79. The second kappa shape index (κ2) is 5.52. The van der Waals surface area contributed by atoms with Gasteiger partial charge in [0.25, 0.3) is 0 Å². The van der Waals surface area contributed by atoms with Crippen molar-refractivity contribution in [1.29, 1.82) is 0 Å². The largest absolute Gasteiger partial charge is 0.478 e. The summed E-state index contributed by atoms with van der Waals surface area (Å²) >= 11 is 0. The minimum atomic E-state index is -1.31. The first-order valence-corrected chi connectivity index (χ1v) is 5.82. The molecule has 6 nitrogen and oxygen atoms in total. The van der Waals surface area contributed by atoms with Crippen molar-refractivity contribution in [2.75, 3.05) is 5.32 Å². The van der Waals surface area contributed by atoms with E-state index < -0.39 is 23.7 Å². The number of halogens is 1. The molecule has 0 spiro atoms. The minimum absolute atomic E-state index is 0.300. The maximum atomic E-state index is 13.7. The number of carboxylic acid groups (broad SMARTS) is 1. The Hall–Kier alpha value is -2.70. The zero-order valence-corrected chi connectivity index (χ0v) is 10.6. The van der Waals surface area contributed by atoms with Gasteiger partial charge in [0.15, 0.2) is 0 Å². The van der Waals surface area contributed by atoms with E-state index >= 15 is 0 Å². The number of amides is 1. The molecule has 0 saturated carbocycles. The molecule has 1 heterocycles. The monoisotopic (exact) mass is 277 g/mol. The van der Waals surface area contributed by atoms with Crippen molar-refractivity contribution in [3.05, 3.63) is 48.0 Å². The van der Waals surface area contributed by atoms with Crippen molar-refractivity contribution in [1.82, 2.24) is 9.78 Å². The number of hydrogen-bond acceptors (Lipinski definition) is 3. The number of rotatable bonds is 4. The van der Waals surface area contributed by atoms with Crippen molar-refractivity contribution in [3.8, 4) is 0 Å². The lowest BCUT2D eigenvalue weighted by molar-refractivity contribution is -0.119. The fourth-order valence-corrected chi connectivity index (χ4v) is 1.69. The Morgan fingerprint density at radius 3 is 2.75 bits per heavy atom. The van der Waals surface area contributed by atoms with Gasteiger partial charge in [0.2, 0.25) is 5.91 Å². The van der Waals surface area contributed by atoms with Gasteiger partial charge in [0, 0.05) is 12.4 Å². The fraction of sp³-hybridized carbons (Fsp3) is 0.154. The predicted molar refractivity (Wildman–Crippen MR) is 68.9 cm³/mol. The van der Waals surface area contributed by atoms with E-state index in [1.54, 1.807) is 19.2 Å². The Morgan fingerprint density at radius 2 is 2.15 bits per heavy atom. The second-order valence-electron chi connectivity index (χ2n) is 4.12. The highest BCUT2D eigenvalue weighted by Gasteiger charge is 2.20. The number of carboxylic acids is 1. The van der Waals surface area contributed by atoms with Gasteiger partial charge in [-0.05, 0) is 25.1 Å². The molecular weight excluding hydrogens is 265 g/mol. The van der Waals surface area contributed by atoms with Crippen molar-refractivity contribution >= 4 is 17.6 Å². The van der Waals surface area contributed by atoms with E-state index in [1.807, 2.05) is 0 Å². The number of nitrogens with one attached hydrogen (secondary N) is 1. The number of carbonyl (C=O) groups is 2. The molecule has 0 aliphatic rings. The van der Waals surface area contributed by atoms with E-state index in [0.717, 1.165) is 6.07 Å². The van der Waals surface area contributed by atoms with E-state index in [9.17, 15) is 14.0 Å². The molecule has 2 rings (SSSR count). The Balaban J connectivity index is 2.26. The van der Waals surface area contributed by atoms with Crippen molar-refractivity contribution < 1.29 is 19.1 Å². The summed E-state index contributed by atoms with van der Waals surface area (Å²) in [6.07, 6.45) is 3.10. The first-order valence-electron chi connectivity index (χ1n) is 5.82. The summed E-state index contributed by atoms with van der Waals surface area (Å²) in [6, 6.07) is 4.53. The first kappa shape index (κ1) is 13.7. The highest BCUT2D eigenvalue weighted by Crippen LogP contribution is 2.21. The number of carbonyl (C=O) groups excluding carboxylic acids is 1. The van der Waals surface area contributed by atoms with Gasteiger partial charge in [-0.3, -0.25) is 9.48 Å². The smallest absolute Gasteiger partial charge is 0.337 e. The summed E-state index contributed by atoms with van der Waals surface area (Å²) in [5, 5.41) is 15.2. The van der Waals surface area contributed by atoms with Crippen molar-refractivity contribution in [2.24, 2.45) is 0 Å². The zero-order chi connectivity index (χ0) is 14.7. The van der Waals surface area contributed by atoms with Gasteiger partial charge in [-0.1, -0.05) is 6.07 Å². The van der Waals surface area contributed by atoms with Gasteiger partial charge in [-0.15, -0.1) is 0 Å². The summed E-state index contributed by atoms with van der Waals surface area (Å²) in [7, 11) is 0. The van der Waals surface area contributed by atoms with Crippen LogP contribution in [0.4, 0.5) is 10.1 Å². The van der Waals surface area contributed by atoms with Crippen LogP contribution >= 0.6 is 0 Å². The Bertz CT molecular complexity index is 640. The second-order valence-corrected chi connectivity index (χ2v) is 4.12. The normalized spacial score (nSPS) is 11.9. The number of para-hydroxylation sites is 1. The number of anilines is 1. The highest BCUT2D eigenvalue weighted by atomic mass is 19.1. The van der Waals surface area contributed by atoms with Crippen LogP contribution in [-0.2, 0) is 4.79 Å². The average Bonchev–Trinajstić information content (AvgIpc) is 2.93. The maximum Gasteiger partial charge on any atom is 0.337 e. The van der Waals surface area contributed by atoms with Crippen molar-refractivity contribution in [3.63, 3.8) is 0 Å². The lowest BCUT2D eigenvalue weighted by atomic mass is 10.1. The number of nitrogens with zero attached hydrogens (tertiary/aromatic N) is 2. The molecule has 2 aromatic rings. The van der Waals surface area contributed by atoms with Crippen LogP contribution in [0.25, 0.3) is 0 Å². The lowest BCUT2D eigenvalue weighted by Crippen LogP contribution is -2.25. The van der Waals surface area contributed by atoms with E-state index in [2.05, 4.69) is 10.4 Å². The Labute approximate surface area is 113 Å². The minimum Gasteiger partial charge on any atom is -0.478 e. The standard InChI is InChI=1S/C13H12FN3O3/c1-8(17-7-3-6-15-17)12(18)16-11-9(13(19)20)4-2-5-10(11)14/h2-8H,1H3,(H,16,18)(H,19,20). The predicted octanol–water partition coefficient (Wildman–Crippen LogP) is 1.92. The molecule has 1 aromatic heterocycles. The van der Waals surface area contributed by atoms with E-state index in [1.165, 1.54) is 23.0 Å². The topological polar surface area (TPSA) is 84.2 Å². The fourth-order valence-electron chi connectivity index (χ4n) is 1.69. The summed E-state index contributed by atoms with van der Waals surface area (Å²) in [6.45, 7) is 1.57. The van der Waals surface area contributed by atoms with Crippen LogP contribution in [-0.4, -0.2) is 26.8 Å². The zero-order valence-electron chi connectivity index (χ0n) is 10.6. The van der Waals surface area contributed by atoms with Gasteiger partial charge in [-0.2, -0.15) is 5.10 Å². The number of aromatic carboxylic acids is 1. The lowest BCUT2D eigenvalue weighted by Gasteiger charge is -2.14. The molecule has 1 atom stereocenters. The molecular formula is C13H12FN3O3. The van der Waals surface area contributed by atoms with Crippen LogP contribution < -0.4 is 5.32 Å². The van der Waals surface area contributed by atoms with Gasteiger partial charge in [0.05, 0.1) is 11.3 Å². The van der Waals surface area contributed by atoms with Crippen LogP contribution in [0.2, 0.25) is 0 Å². The van der Waals surface area contributed by atoms with Gasteiger partial charge >= 0.3 is 5.97 Å². The van der Waals surface area contributed by atoms with E-state index in [4.69, 9.17) is 5.11 Å². The van der Waals surface area contributed by atoms with Crippen LogP contribution in [0.3, 0.4) is 0 Å². The molecule has 0 aliphatic heterocycles.